The molecule has 1 aromatic rings. The molecular formula is C23H36FNO7Si. The second kappa shape index (κ2) is 10.3. The zero-order chi connectivity index (χ0) is 25.0. The van der Waals surface area contributed by atoms with E-state index in [9.17, 15) is 14.0 Å². The van der Waals surface area contributed by atoms with Crippen molar-refractivity contribution in [2.75, 3.05) is 19.8 Å². The number of carbonyl (C=O) groups excluding carboxylic acids is 2. The third kappa shape index (κ3) is 7.88. The molecule has 186 valence electrons. The maximum absolute atomic E-state index is 14.0. The topological polar surface area (TPSA) is 92.3 Å². The lowest BCUT2D eigenvalue weighted by molar-refractivity contribution is 0.0486. The molecule has 0 aliphatic carbocycles. The lowest BCUT2D eigenvalue weighted by Gasteiger charge is -2.36. The number of hydrogen-bond acceptors (Lipinski definition) is 7. The number of cyclic esters (lactones) is 2. The third-order valence-electron chi connectivity index (χ3n) is 5.55. The van der Waals surface area contributed by atoms with Crippen molar-refractivity contribution < 1.29 is 37.4 Å². The molecule has 8 nitrogen and oxygen atoms in total. The molecule has 0 spiro atoms. The monoisotopic (exact) mass is 485 g/mol. The Morgan fingerprint density at radius 3 is 2.39 bits per heavy atom. The Bertz CT molecular complexity index is 848. The van der Waals surface area contributed by atoms with Gasteiger partial charge in [-0.1, -0.05) is 20.8 Å². The van der Waals surface area contributed by atoms with Gasteiger partial charge < -0.3 is 28.7 Å². The summed E-state index contributed by atoms with van der Waals surface area (Å²) in [6, 6.07) is 3.96. The van der Waals surface area contributed by atoms with E-state index in [1.54, 1.807) is 20.8 Å². The molecular weight excluding hydrogens is 449 g/mol. The smallest absolute Gasteiger partial charge is 0.491 e. The molecule has 33 heavy (non-hydrogen) atoms. The first kappa shape index (κ1) is 26.9. The predicted molar refractivity (Wildman–Crippen MR) is 123 cm³/mol. The van der Waals surface area contributed by atoms with E-state index in [1.165, 1.54) is 18.2 Å². The summed E-state index contributed by atoms with van der Waals surface area (Å²) in [5.74, 6) is -0.271. The van der Waals surface area contributed by atoms with Crippen LogP contribution in [-0.4, -0.2) is 52.0 Å². The van der Waals surface area contributed by atoms with E-state index in [0.717, 1.165) is 0 Å². The minimum atomic E-state index is -1.95. The van der Waals surface area contributed by atoms with Crippen LogP contribution in [0.1, 0.15) is 53.2 Å². The van der Waals surface area contributed by atoms with E-state index >= 15 is 0 Å². The molecule has 0 radical (unpaired) electrons. The van der Waals surface area contributed by atoms with E-state index in [-0.39, 0.29) is 23.9 Å². The quantitative estimate of drug-likeness (QED) is 0.302. The minimum Gasteiger partial charge on any atom is -0.491 e. The van der Waals surface area contributed by atoms with Crippen LogP contribution in [0.5, 0.6) is 5.75 Å². The average molecular weight is 486 g/mol. The SMILES string of the molecule is CC(C)(C)OC(=O)NC[C@H]1OC(=O)O[C@H]1c1ccc(F)cc1OCCO[Si](C)(C)C(C)(C)C. The largest absolute Gasteiger partial charge is 0.509 e. The number of rotatable bonds is 8. The lowest BCUT2D eigenvalue weighted by atomic mass is 10.0. The second-order valence-corrected chi connectivity index (χ2v) is 15.3. The van der Waals surface area contributed by atoms with Gasteiger partial charge in [0.2, 0.25) is 0 Å². The molecule has 1 aliphatic heterocycles. The van der Waals surface area contributed by atoms with E-state index in [2.05, 4.69) is 39.2 Å². The minimum absolute atomic E-state index is 0.0450. The highest BCUT2D eigenvalue weighted by atomic mass is 28.4. The molecule has 1 N–H and O–H groups in total. The summed E-state index contributed by atoms with van der Waals surface area (Å²) in [5, 5.41) is 2.62. The lowest BCUT2D eigenvalue weighted by Crippen LogP contribution is -2.41. The Labute approximate surface area is 196 Å². The summed E-state index contributed by atoms with van der Waals surface area (Å²) < 4.78 is 41.6. The van der Waals surface area contributed by atoms with Crippen LogP contribution in [0.4, 0.5) is 14.0 Å². The summed E-state index contributed by atoms with van der Waals surface area (Å²) in [6.07, 6.45) is -3.25. The number of nitrogens with one attached hydrogen (secondary N) is 1. The molecule has 0 aromatic heterocycles. The summed E-state index contributed by atoms with van der Waals surface area (Å²) >= 11 is 0. The zero-order valence-corrected chi connectivity index (χ0v) is 21.7. The van der Waals surface area contributed by atoms with Gasteiger partial charge in [-0.3, -0.25) is 0 Å². The van der Waals surface area contributed by atoms with E-state index in [4.69, 9.17) is 23.4 Å². The maximum atomic E-state index is 14.0. The third-order valence-corrected chi connectivity index (χ3v) is 10.1. The standard InChI is InChI=1S/C23H36FNO7Si/c1-22(2,3)32-20(26)25-14-18-19(31-21(27)30-18)16-10-9-15(24)13-17(16)28-11-12-29-33(7,8)23(4,5)6/h9-10,13,18-19H,11-12,14H2,1-8H3,(H,25,26)/t18-,19+/m1/s1. The van der Waals surface area contributed by atoms with Crippen LogP contribution in [0.3, 0.4) is 0 Å². The molecule has 0 bridgehead atoms. The Morgan fingerprint density at radius 2 is 1.79 bits per heavy atom. The van der Waals surface area contributed by atoms with Crippen molar-refractivity contribution in [1.29, 1.82) is 0 Å². The fourth-order valence-electron chi connectivity index (χ4n) is 2.84. The van der Waals surface area contributed by atoms with Crippen molar-refractivity contribution in [1.82, 2.24) is 5.32 Å². The van der Waals surface area contributed by atoms with Gasteiger partial charge in [-0.2, -0.15) is 0 Å². The molecule has 2 rings (SSSR count). The average Bonchev–Trinajstić information content (AvgIpc) is 3.02. The van der Waals surface area contributed by atoms with Gasteiger partial charge in [-0.05, 0) is 51.0 Å². The van der Waals surface area contributed by atoms with E-state index in [0.29, 0.717) is 12.2 Å². The summed E-state index contributed by atoms with van der Waals surface area (Å²) in [6.45, 7) is 16.4. The summed E-state index contributed by atoms with van der Waals surface area (Å²) in [5.41, 5.74) is -0.234. The highest BCUT2D eigenvalue weighted by Crippen LogP contribution is 2.37. The van der Waals surface area contributed by atoms with E-state index < -0.39 is 44.2 Å². The van der Waals surface area contributed by atoms with Crippen LogP contribution < -0.4 is 10.1 Å². The van der Waals surface area contributed by atoms with Crippen LogP contribution in [-0.2, 0) is 18.6 Å². The molecule has 1 amide bonds. The van der Waals surface area contributed by atoms with Crippen molar-refractivity contribution in [3.8, 4) is 5.75 Å². The zero-order valence-electron chi connectivity index (χ0n) is 20.7. The molecule has 1 aliphatic rings. The van der Waals surface area contributed by atoms with Crippen LogP contribution in [0.25, 0.3) is 0 Å². The molecule has 0 unspecified atom stereocenters. The Hall–Kier alpha value is -2.33. The number of ether oxygens (including phenoxy) is 4. The first-order valence-electron chi connectivity index (χ1n) is 11.0. The highest BCUT2D eigenvalue weighted by Gasteiger charge is 2.40. The molecule has 2 atom stereocenters. The fraction of sp³-hybridized carbons (Fsp3) is 0.652. The number of amides is 1. The van der Waals surface area contributed by atoms with Gasteiger partial charge in [0.05, 0.1) is 13.2 Å². The number of alkyl carbamates (subject to hydrolysis) is 1. The molecule has 1 aromatic carbocycles. The summed E-state index contributed by atoms with van der Waals surface area (Å²) in [7, 11) is -1.95. The second-order valence-electron chi connectivity index (χ2n) is 10.5. The van der Waals surface area contributed by atoms with Crippen molar-refractivity contribution >= 4 is 20.6 Å². The molecule has 10 heteroatoms. The van der Waals surface area contributed by atoms with Crippen molar-refractivity contribution in [2.45, 2.75) is 77.5 Å². The number of hydrogen-bond donors (Lipinski definition) is 1. The van der Waals surface area contributed by atoms with E-state index in [1.807, 2.05) is 0 Å². The van der Waals surface area contributed by atoms with Crippen LogP contribution in [0.2, 0.25) is 18.1 Å². The molecule has 0 saturated carbocycles. The van der Waals surface area contributed by atoms with Crippen LogP contribution in [0, 0.1) is 5.82 Å². The highest BCUT2D eigenvalue weighted by molar-refractivity contribution is 6.74. The van der Waals surface area contributed by atoms with Gasteiger partial charge >= 0.3 is 12.2 Å². The van der Waals surface area contributed by atoms with Crippen LogP contribution >= 0.6 is 0 Å². The molecule has 1 heterocycles. The van der Waals surface area contributed by atoms with Crippen molar-refractivity contribution in [2.24, 2.45) is 0 Å². The first-order valence-corrected chi connectivity index (χ1v) is 13.9. The van der Waals surface area contributed by atoms with Gasteiger partial charge in [0.25, 0.3) is 0 Å². The number of halogens is 1. The van der Waals surface area contributed by atoms with Gasteiger partial charge in [-0.25, -0.2) is 14.0 Å². The van der Waals surface area contributed by atoms with Crippen molar-refractivity contribution in [3.05, 3.63) is 29.6 Å². The van der Waals surface area contributed by atoms with Gasteiger partial charge in [0.1, 0.15) is 23.8 Å². The van der Waals surface area contributed by atoms with Crippen molar-refractivity contribution in [3.63, 3.8) is 0 Å². The van der Waals surface area contributed by atoms with Gasteiger partial charge in [0, 0.05) is 11.6 Å². The van der Waals surface area contributed by atoms with Gasteiger partial charge in [0.15, 0.2) is 20.5 Å². The first-order chi connectivity index (χ1) is 15.1. The Morgan fingerprint density at radius 1 is 1.12 bits per heavy atom. The van der Waals surface area contributed by atoms with Gasteiger partial charge in [-0.15, -0.1) is 0 Å². The molecule has 1 saturated heterocycles. The number of benzene rings is 1. The van der Waals surface area contributed by atoms with Crippen LogP contribution in [0.15, 0.2) is 18.2 Å². The maximum Gasteiger partial charge on any atom is 0.509 e. The Balaban J connectivity index is 2.07. The normalized spacial score (nSPS) is 19.0. The molecule has 1 fully saturated rings. The fourth-order valence-corrected chi connectivity index (χ4v) is 3.86. The Kier molecular flexibility index (Phi) is 8.40. The number of carbonyl (C=O) groups is 2. The summed E-state index contributed by atoms with van der Waals surface area (Å²) in [4.78, 5) is 23.8. The predicted octanol–water partition coefficient (Wildman–Crippen LogP) is 5.33.